The topological polar surface area (TPSA) is 266 Å². The Morgan fingerprint density at radius 2 is 1.20 bits per heavy atom. The molecule has 2 heterocycles. The molecule has 3 unspecified atom stereocenters. The first-order valence-electron chi connectivity index (χ1n) is 11.6. The zero-order chi connectivity index (χ0) is 29.9. The number of nitrogens with two attached hydrogens (primary N) is 3. The van der Waals surface area contributed by atoms with Crippen LogP contribution in [0.15, 0.2) is 38.6 Å². The van der Waals surface area contributed by atoms with E-state index in [1.54, 1.807) is 23.2 Å². The van der Waals surface area contributed by atoms with E-state index in [1.165, 1.54) is 18.7 Å². The van der Waals surface area contributed by atoms with Gasteiger partial charge in [-0.15, -0.1) is 0 Å². The zero-order valence-corrected chi connectivity index (χ0v) is 23.0. The highest BCUT2D eigenvalue weighted by Crippen LogP contribution is 2.49. The van der Waals surface area contributed by atoms with Crippen molar-refractivity contribution in [3.05, 3.63) is 35.7 Å². The molecule has 3 aromatic rings. The Morgan fingerprint density at radius 3 is 1.65 bits per heavy atom. The summed E-state index contributed by atoms with van der Waals surface area (Å²) in [4.78, 5) is 42.7. The second kappa shape index (κ2) is 12.6. The Labute approximate surface area is 236 Å². The van der Waals surface area contributed by atoms with Crippen molar-refractivity contribution in [3.63, 3.8) is 0 Å². The number of benzene rings is 1. The lowest BCUT2D eigenvalue weighted by Gasteiger charge is -2.18. The Hall–Kier alpha value is -3.77. The van der Waals surface area contributed by atoms with E-state index in [4.69, 9.17) is 17.2 Å². The number of rotatable bonds is 13. The Bertz CT molecular complexity index is 1440. The van der Waals surface area contributed by atoms with Crippen LogP contribution in [0.1, 0.15) is 17.0 Å². The highest BCUT2D eigenvalue weighted by atomic mass is 32.2. The Balaban J connectivity index is 2.08. The van der Waals surface area contributed by atoms with E-state index in [9.17, 15) is 39.9 Å². The van der Waals surface area contributed by atoms with Gasteiger partial charge in [-0.3, -0.25) is 14.4 Å². The summed E-state index contributed by atoms with van der Waals surface area (Å²) < 4.78 is 3.16. The van der Waals surface area contributed by atoms with Crippen LogP contribution in [0.25, 0.3) is 0 Å². The van der Waals surface area contributed by atoms with Crippen molar-refractivity contribution in [3.8, 4) is 11.5 Å². The average molecular weight is 596 g/mol. The number of phenolic OH excluding ortho intramolecular Hbond substituents is 2. The molecule has 17 heteroatoms. The maximum atomic E-state index is 11.6. The van der Waals surface area contributed by atoms with Crippen LogP contribution in [-0.4, -0.2) is 80.7 Å². The number of nitrogens with zero attached hydrogens (tertiary/aromatic N) is 4. The summed E-state index contributed by atoms with van der Waals surface area (Å²) in [5.74, 6) is -4.82. The molecule has 0 aliphatic heterocycles. The summed E-state index contributed by atoms with van der Waals surface area (Å²) in [5.41, 5.74) is 18.1. The number of aromatic hydroxyl groups is 2. The molecule has 0 aliphatic rings. The molecule has 0 radical (unpaired) electrons. The molecule has 0 saturated carbocycles. The molecule has 40 heavy (non-hydrogen) atoms. The fourth-order valence-electron chi connectivity index (χ4n) is 3.60. The maximum Gasteiger partial charge on any atom is 0.320 e. The molecule has 15 nitrogen and oxygen atoms in total. The van der Waals surface area contributed by atoms with E-state index in [-0.39, 0.29) is 34.6 Å². The van der Waals surface area contributed by atoms with Crippen molar-refractivity contribution < 1.29 is 39.9 Å². The van der Waals surface area contributed by atoms with Crippen molar-refractivity contribution >= 4 is 41.4 Å². The van der Waals surface area contributed by atoms with Gasteiger partial charge in [-0.25, -0.2) is 9.97 Å². The second-order valence-electron chi connectivity index (χ2n) is 8.93. The lowest BCUT2D eigenvalue weighted by molar-refractivity contribution is -0.139. The normalized spacial score (nSPS) is 13.6. The average Bonchev–Trinajstić information content (AvgIpc) is 3.40. The lowest BCUT2D eigenvalue weighted by atomic mass is 10.1. The number of imidazole rings is 2. The van der Waals surface area contributed by atoms with Gasteiger partial charge in [0.2, 0.25) is 0 Å². The minimum Gasteiger partial charge on any atom is -0.503 e. The molecular weight excluding hydrogens is 566 g/mol. The van der Waals surface area contributed by atoms with Crippen molar-refractivity contribution in [2.45, 2.75) is 57.2 Å². The molecule has 0 spiro atoms. The lowest BCUT2D eigenvalue weighted by Crippen LogP contribution is -2.32. The van der Waals surface area contributed by atoms with E-state index < -0.39 is 47.5 Å². The van der Waals surface area contributed by atoms with Crippen LogP contribution in [-0.2, 0) is 47.7 Å². The number of hydrogen-bond donors (Lipinski definition) is 8. The van der Waals surface area contributed by atoms with Gasteiger partial charge >= 0.3 is 17.9 Å². The van der Waals surface area contributed by atoms with Crippen LogP contribution >= 0.6 is 23.5 Å². The molecule has 0 aliphatic carbocycles. The van der Waals surface area contributed by atoms with Gasteiger partial charge in [-0.2, -0.15) is 0 Å². The summed E-state index contributed by atoms with van der Waals surface area (Å²) in [6.07, 6.45) is 2.42. The quantitative estimate of drug-likeness (QED) is 0.118. The molecule has 0 fully saturated rings. The number of aromatic nitrogens is 4. The van der Waals surface area contributed by atoms with E-state index in [0.29, 0.717) is 21.4 Å². The Kier molecular flexibility index (Phi) is 9.69. The minimum atomic E-state index is -1.35. The van der Waals surface area contributed by atoms with E-state index >= 15 is 0 Å². The van der Waals surface area contributed by atoms with Gasteiger partial charge in [0.1, 0.15) is 28.2 Å². The molecule has 0 amide bonds. The van der Waals surface area contributed by atoms with E-state index in [2.05, 4.69) is 9.97 Å². The molecule has 3 atom stereocenters. The van der Waals surface area contributed by atoms with Gasteiger partial charge in [0.15, 0.2) is 11.5 Å². The third kappa shape index (κ3) is 6.86. The fourth-order valence-corrected chi connectivity index (χ4v) is 5.76. The minimum absolute atomic E-state index is 0.0884. The summed E-state index contributed by atoms with van der Waals surface area (Å²) in [6, 6.07) is -2.34. The molecule has 0 saturated heterocycles. The smallest absolute Gasteiger partial charge is 0.320 e. The molecule has 11 N–H and O–H groups in total. The van der Waals surface area contributed by atoms with Crippen LogP contribution in [0.5, 0.6) is 11.5 Å². The zero-order valence-electron chi connectivity index (χ0n) is 21.4. The number of phenols is 2. The standard InChI is InChI=1S/C23H29N7O8S2/c1-29-7-27-13(5-11(25)22(35)36)19(29)39-15-4-9(3-10(24)21(33)34)18(17(32)16(15)31)40-20-14(28-8-30(20)2)6-12(26)23(37)38/h4,7-8,10-12,31-32H,3,5-6,24-26H2,1-2H3,(H,33,34)(H,35,36)(H,37,38). The molecule has 3 rings (SSSR count). The van der Waals surface area contributed by atoms with Gasteiger partial charge in [-0.05, 0) is 18.1 Å². The van der Waals surface area contributed by atoms with E-state index in [0.717, 1.165) is 23.5 Å². The van der Waals surface area contributed by atoms with Gasteiger partial charge < -0.3 is 51.9 Å². The summed E-state index contributed by atoms with van der Waals surface area (Å²) in [5, 5.41) is 50.8. The fraction of sp³-hybridized carbons (Fsp3) is 0.348. The van der Waals surface area contributed by atoms with Crippen LogP contribution in [0.2, 0.25) is 0 Å². The first-order valence-corrected chi connectivity index (χ1v) is 13.2. The number of carboxylic acids is 3. The molecule has 0 bridgehead atoms. The number of aliphatic carboxylic acids is 3. The molecule has 2 aromatic heterocycles. The Morgan fingerprint density at radius 1 is 0.775 bits per heavy atom. The second-order valence-corrected chi connectivity index (χ2v) is 11.0. The number of hydrogen-bond acceptors (Lipinski definition) is 12. The predicted molar refractivity (Wildman–Crippen MR) is 142 cm³/mol. The van der Waals surface area contributed by atoms with Crippen LogP contribution in [0.4, 0.5) is 0 Å². The third-order valence-corrected chi connectivity index (χ3v) is 8.43. The third-order valence-electron chi connectivity index (χ3n) is 5.80. The van der Waals surface area contributed by atoms with Gasteiger partial charge in [0, 0.05) is 26.9 Å². The van der Waals surface area contributed by atoms with Gasteiger partial charge in [0.05, 0.1) is 33.8 Å². The SMILES string of the molecule is Cn1cnc(CC(N)C(=O)O)c1Sc1cc(CC(N)C(=O)O)c(Sc2c(CC(N)C(=O)O)ncn2C)c(O)c1O. The van der Waals surface area contributed by atoms with Crippen LogP contribution in [0.3, 0.4) is 0 Å². The van der Waals surface area contributed by atoms with Crippen molar-refractivity contribution in [1.29, 1.82) is 0 Å². The van der Waals surface area contributed by atoms with Crippen LogP contribution in [0, 0.1) is 0 Å². The number of carboxylic acid groups (broad SMARTS) is 3. The maximum absolute atomic E-state index is 11.6. The van der Waals surface area contributed by atoms with Gasteiger partial charge in [-0.1, -0.05) is 23.5 Å². The molecule has 216 valence electrons. The number of aryl methyl sites for hydroxylation is 2. The number of carbonyl (C=O) groups is 3. The van der Waals surface area contributed by atoms with Crippen molar-refractivity contribution in [2.24, 2.45) is 31.3 Å². The molecule has 1 aromatic carbocycles. The largest absolute Gasteiger partial charge is 0.503 e. The van der Waals surface area contributed by atoms with Crippen molar-refractivity contribution in [2.75, 3.05) is 0 Å². The summed E-state index contributed by atoms with van der Waals surface area (Å²) >= 11 is 1.91. The summed E-state index contributed by atoms with van der Waals surface area (Å²) in [7, 11) is 3.29. The highest BCUT2D eigenvalue weighted by molar-refractivity contribution is 8.00. The first-order chi connectivity index (χ1) is 18.7. The summed E-state index contributed by atoms with van der Waals surface area (Å²) in [6.45, 7) is 0. The van der Waals surface area contributed by atoms with Crippen LogP contribution < -0.4 is 17.2 Å². The van der Waals surface area contributed by atoms with Gasteiger partial charge in [0.25, 0.3) is 0 Å². The first kappa shape index (κ1) is 30.8. The predicted octanol–water partition coefficient (Wildman–Crippen LogP) is -0.270. The van der Waals surface area contributed by atoms with E-state index in [1.807, 2.05) is 0 Å². The molecular formula is C23H29N7O8S2. The monoisotopic (exact) mass is 595 g/mol. The highest BCUT2D eigenvalue weighted by Gasteiger charge is 2.27. The van der Waals surface area contributed by atoms with Crippen molar-refractivity contribution in [1.82, 2.24) is 19.1 Å².